The second-order valence-electron chi connectivity index (χ2n) is 3.62. The Morgan fingerprint density at radius 2 is 1.47 bits per heavy atom. The second kappa shape index (κ2) is 6.72. The fourth-order valence-corrected chi connectivity index (χ4v) is 1.35. The topological polar surface area (TPSA) is 50.4 Å². The van der Waals surface area contributed by atoms with E-state index in [-0.39, 0.29) is 0 Å². The number of hydrogen-bond donors (Lipinski definition) is 2. The molecule has 0 unspecified atom stereocenters. The molecule has 2 aromatic rings. The molecule has 2 aromatic carbocycles. The summed E-state index contributed by atoms with van der Waals surface area (Å²) in [6, 6.07) is 18.4. The molecule has 4 heteroatoms. The van der Waals surface area contributed by atoms with Crippen molar-refractivity contribution in [2.75, 3.05) is 10.8 Å². The van der Waals surface area contributed by atoms with Gasteiger partial charge >= 0.3 is 5.91 Å². The number of para-hydroxylation sites is 2. The average Bonchev–Trinajstić information content (AvgIpc) is 2.46. The fourth-order valence-electron chi connectivity index (χ4n) is 1.35. The second-order valence-corrected chi connectivity index (χ2v) is 3.62. The third-order valence-corrected chi connectivity index (χ3v) is 2.19. The molecule has 0 aliphatic rings. The molecule has 4 nitrogen and oxygen atoms in total. The molecule has 0 atom stereocenters. The van der Waals surface area contributed by atoms with Crippen molar-refractivity contribution < 1.29 is 9.63 Å². The summed E-state index contributed by atoms with van der Waals surface area (Å²) < 4.78 is 0. The summed E-state index contributed by atoms with van der Waals surface area (Å²) in [5.41, 5.74) is 4.07. The Balaban J connectivity index is 1.79. The number of rotatable bonds is 3. The van der Waals surface area contributed by atoms with Crippen molar-refractivity contribution in [3.63, 3.8) is 0 Å². The quantitative estimate of drug-likeness (QED) is 0.652. The SMILES string of the molecule is O=C(C#CONc1ccccc1)Nc1ccccc1. The van der Waals surface area contributed by atoms with E-state index in [2.05, 4.69) is 22.8 Å². The van der Waals surface area contributed by atoms with E-state index >= 15 is 0 Å². The predicted molar refractivity (Wildman–Crippen MR) is 74.0 cm³/mol. The number of nitrogens with one attached hydrogen (secondary N) is 2. The maximum atomic E-state index is 11.4. The molecule has 19 heavy (non-hydrogen) atoms. The third kappa shape index (κ3) is 4.44. The minimum absolute atomic E-state index is 0.430. The minimum atomic E-state index is -0.430. The van der Waals surface area contributed by atoms with Gasteiger partial charge in [0.15, 0.2) is 6.11 Å². The maximum Gasteiger partial charge on any atom is 0.303 e. The normalized spacial score (nSPS) is 8.84. The standard InChI is InChI=1S/C15H12N2O2/c18-15(16-13-7-3-1-4-8-13)11-12-19-17-14-9-5-2-6-10-14/h1-10,17H,(H,16,18). The van der Waals surface area contributed by atoms with Gasteiger partial charge in [-0.05, 0) is 24.3 Å². The van der Waals surface area contributed by atoms with E-state index in [1.54, 1.807) is 12.1 Å². The van der Waals surface area contributed by atoms with Crippen LogP contribution >= 0.6 is 0 Å². The lowest BCUT2D eigenvalue weighted by atomic mass is 10.3. The highest BCUT2D eigenvalue weighted by molar-refractivity contribution is 6.03. The van der Waals surface area contributed by atoms with Crippen molar-refractivity contribution in [2.24, 2.45) is 0 Å². The molecule has 0 saturated heterocycles. The number of hydrogen-bond acceptors (Lipinski definition) is 3. The van der Waals surface area contributed by atoms with E-state index in [9.17, 15) is 4.79 Å². The molecule has 2 N–H and O–H groups in total. The molecule has 2 rings (SSSR count). The van der Waals surface area contributed by atoms with Crippen LogP contribution in [-0.4, -0.2) is 5.91 Å². The molecule has 0 saturated carbocycles. The first kappa shape index (κ1) is 12.5. The van der Waals surface area contributed by atoms with Gasteiger partial charge in [-0.3, -0.25) is 4.79 Å². The molecule has 94 valence electrons. The summed E-state index contributed by atoms with van der Waals surface area (Å²) in [6.07, 6.45) is 2.28. The van der Waals surface area contributed by atoms with Gasteiger partial charge in [0.25, 0.3) is 0 Å². The van der Waals surface area contributed by atoms with Crippen LogP contribution < -0.4 is 10.8 Å². The maximum absolute atomic E-state index is 11.4. The monoisotopic (exact) mass is 252 g/mol. The van der Waals surface area contributed by atoms with Crippen molar-refractivity contribution in [3.8, 4) is 12.0 Å². The van der Waals surface area contributed by atoms with E-state index < -0.39 is 5.91 Å². The van der Waals surface area contributed by atoms with E-state index in [1.807, 2.05) is 48.5 Å². The van der Waals surface area contributed by atoms with Gasteiger partial charge in [0, 0.05) is 11.6 Å². The van der Waals surface area contributed by atoms with Crippen LogP contribution in [0.25, 0.3) is 0 Å². The summed E-state index contributed by atoms with van der Waals surface area (Å²) in [4.78, 5) is 16.3. The average molecular weight is 252 g/mol. The van der Waals surface area contributed by atoms with Crippen molar-refractivity contribution in [1.29, 1.82) is 0 Å². The highest BCUT2D eigenvalue weighted by Gasteiger charge is 1.96. The fraction of sp³-hybridized carbons (Fsp3) is 0. The first-order chi connectivity index (χ1) is 9.34. The van der Waals surface area contributed by atoms with Crippen LogP contribution in [0.1, 0.15) is 0 Å². The number of carbonyl (C=O) groups is 1. The number of benzene rings is 2. The largest absolute Gasteiger partial charge is 0.328 e. The van der Waals surface area contributed by atoms with Gasteiger partial charge in [0.05, 0.1) is 5.69 Å². The lowest BCUT2D eigenvalue weighted by molar-refractivity contribution is -0.111. The zero-order valence-corrected chi connectivity index (χ0v) is 10.1. The molecular formula is C15H12N2O2. The van der Waals surface area contributed by atoms with Crippen molar-refractivity contribution in [3.05, 3.63) is 60.7 Å². The van der Waals surface area contributed by atoms with Crippen LogP contribution in [-0.2, 0) is 9.63 Å². The van der Waals surface area contributed by atoms with Gasteiger partial charge in [-0.2, -0.15) is 0 Å². The van der Waals surface area contributed by atoms with Crippen LogP contribution in [0.3, 0.4) is 0 Å². The van der Waals surface area contributed by atoms with Gasteiger partial charge in [0.2, 0.25) is 0 Å². The highest BCUT2D eigenvalue weighted by Crippen LogP contribution is 2.04. The summed E-state index contributed by atoms with van der Waals surface area (Å²) in [7, 11) is 0. The molecule has 0 aliphatic heterocycles. The smallest absolute Gasteiger partial charge is 0.303 e. The highest BCUT2D eigenvalue weighted by atomic mass is 16.6. The van der Waals surface area contributed by atoms with E-state index in [0.29, 0.717) is 5.69 Å². The first-order valence-electron chi connectivity index (χ1n) is 5.68. The van der Waals surface area contributed by atoms with Crippen molar-refractivity contribution in [1.82, 2.24) is 0 Å². The summed E-state index contributed by atoms with van der Waals surface area (Å²) >= 11 is 0. The number of anilines is 2. The van der Waals surface area contributed by atoms with Crippen molar-refractivity contribution in [2.45, 2.75) is 0 Å². The number of amides is 1. The first-order valence-corrected chi connectivity index (χ1v) is 5.68. The zero-order valence-electron chi connectivity index (χ0n) is 10.1. The van der Waals surface area contributed by atoms with E-state index in [0.717, 1.165) is 5.69 Å². The molecule has 0 heterocycles. The van der Waals surface area contributed by atoms with Crippen LogP contribution in [0.2, 0.25) is 0 Å². The lowest BCUT2D eigenvalue weighted by Gasteiger charge is -2.00. The Morgan fingerprint density at radius 1 is 0.895 bits per heavy atom. The number of carbonyl (C=O) groups excluding carboxylic acids is 1. The molecule has 1 amide bonds. The molecule has 0 fully saturated rings. The molecule has 0 aromatic heterocycles. The summed E-state index contributed by atoms with van der Waals surface area (Å²) in [6.45, 7) is 0. The van der Waals surface area contributed by atoms with Crippen LogP contribution in [0, 0.1) is 12.0 Å². The Morgan fingerprint density at radius 3 is 2.11 bits per heavy atom. The minimum Gasteiger partial charge on any atom is -0.328 e. The molecular weight excluding hydrogens is 240 g/mol. The third-order valence-electron chi connectivity index (χ3n) is 2.19. The van der Waals surface area contributed by atoms with Crippen molar-refractivity contribution >= 4 is 17.3 Å². The summed E-state index contributed by atoms with van der Waals surface area (Å²) in [5, 5.41) is 2.62. The molecule has 0 aliphatic carbocycles. The predicted octanol–water partition coefficient (Wildman–Crippen LogP) is 2.63. The van der Waals surface area contributed by atoms with Gasteiger partial charge in [0.1, 0.15) is 0 Å². The molecule has 0 spiro atoms. The van der Waals surface area contributed by atoms with E-state index in [4.69, 9.17) is 4.84 Å². The van der Waals surface area contributed by atoms with Gasteiger partial charge in [-0.25, -0.2) is 5.48 Å². The Bertz CT molecular complexity index is 586. The lowest BCUT2D eigenvalue weighted by Crippen LogP contribution is -2.08. The Kier molecular flexibility index (Phi) is 4.43. The van der Waals surface area contributed by atoms with Gasteiger partial charge in [-0.15, -0.1) is 0 Å². The Hall–Kier alpha value is -2.93. The van der Waals surface area contributed by atoms with Gasteiger partial charge in [-0.1, -0.05) is 36.4 Å². The summed E-state index contributed by atoms with van der Waals surface area (Å²) in [5.74, 6) is 1.89. The Labute approximate surface area is 111 Å². The zero-order chi connectivity index (χ0) is 13.3. The van der Waals surface area contributed by atoms with Crippen LogP contribution in [0.5, 0.6) is 0 Å². The van der Waals surface area contributed by atoms with Crippen LogP contribution in [0.4, 0.5) is 11.4 Å². The van der Waals surface area contributed by atoms with E-state index in [1.165, 1.54) is 0 Å². The van der Waals surface area contributed by atoms with Gasteiger partial charge < -0.3 is 10.2 Å². The molecule has 0 radical (unpaired) electrons. The molecule has 0 bridgehead atoms. The van der Waals surface area contributed by atoms with Crippen LogP contribution in [0.15, 0.2) is 60.7 Å².